The maximum Gasteiger partial charge on any atom is 0.175 e. The lowest BCUT2D eigenvalue weighted by atomic mass is 10.1. The van der Waals surface area contributed by atoms with Crippen molar-refractivity contribution in [2.75, 3.05) is 32.7 Å². The van der Waals surface area contributed by atoms with Crippen LogP contribution in [-0.2, 0) is 19.3 Å². The highest BCUT2D eigenvalue weighted by molar-refractivity contribution is 5.33. The second-order valence-electron chi connectivity index (χ2n) is 6.86. The molecule has 1 aliphatic carbocycles. The van der Waals surface area contributed by atoms with Crippen molar-refractivity contribution in [1.29, 1.82) is 0 Å². The van der Waals surface area contributed by atoms with Crippen molar-refractivity contribution in [3.8, 4) is 0 Å². The molecule has 0 unspecified atom stereocenters. The molecule has 1 saturated heterocycles. The second-order valence-corrected chi connectivity index (χ2v) is 6.86. The molecule has 0 spiro atoms. The Morgan fingerprint density at radius 2 is 1.92 bits per heavy atom. The number of hydrogen-bond donors (Lipinski definition) is 2. The van der Waals surface area contributed by atoms with E-state index >= 15 is 0 Å². The van der Waals surface area contributed by atoms with Gasteiger partial charge in [0.25, 0.3) is 0 Å². The molecule has 2 aromatic rings. The number of H-pyrrole nitrogens is 1. The normalized spacial score (nSPS) is 23.3. The fraction of sp³-hybridized carbons (Fsp3) is 0.588. The zero-order valence-electron chi connectivity index (χ0n) is 13.8. The van der Waals surface area contributed by atoms with Gasteiger partial charge >= 0.3 is 0 Å². The molecule has 2 aliphatic rings. The van der Waals surface area contributed by atoms with Crippen LogP contribution in [0.15, 0.2) is 24.3 Å². The van der Waals surface area contributed by atoms with Crippen LogP contribution in [0.4, 0.5) is 0 Å². The monoisotopic (exact) mass is 328 g/mol. The first-order valence-electron chi connectivity index (χ1n) is 8.71. The van der Waals surface area contributed by atoms with Crippen LogP contribution in [0, 0.1) is 0 Å². The van der Waals surface area contributed by atoms with Gasteiger partial charge in [0, 0.05) is 45.2 Å². The van der Waals surface area contributed by atoms with Gasteiger partial charge in [0.2, 0.25) is 0 Å². The van der Waals surface area contributed by atoms with E-state index in [0.717, 1.165) is 51.3 Å². The van der Waals surface area contributed by atoms with E-state index in [2.05, 4.69) is 54.7 Å². The molecule has 0 radical (unpaired) electrons. The summed E-state index contributed by atoms with van der Waals surface area (Å²) in [5, 5.41) is 24.5. The van der Waals surface area contributed by atoms with Gasteiger partial charge in [-0.15, -0.1) is 10.2 Å². The zero-order chi connectivity index (χ0) is 16.4. The topological polar surface area (TPSA) is 81.2 Å². The molecule has 0 bridgehead atoms. The predicted molar refractivity (Wildman–Crippen MR) is 89.5 cm³/mol. The number of aromatic nitrogens is 4. The minimum atomic E-state index is -0.304. The van der Waals surface area contributed by atoms with Crippen molar-refractivity contribution in [3.05, 3.63) is 41.2 Å². The molecule has 128 valence electrons. The van der Waals surface area contributed by atoms with Crippen molar-refractivity contribution in [2.24, 2.45) is 0 Å². The maximum atomic E-state index is 10.4. The highest BCUT2D eigenvalue weighted by Gasteiger charge is 2.30. The Morgan fingerprint density at radius 1 is 1.12 bits per heavy atom. The summed E-state index contributed by atoms with van der Waals surface area (Å²) >= 11 is 0. The third kappa shape index (κ3) is 3.48. The number of benzene rings is 1. The minimum absolute atomic E-state index is 0.304. The Hall–Kier alpha value is -1.83. The summed E-state index contributed by atoms with van der Waals surface area (Å²) in [6.45, 7) is 4.31. The maximum absolute atomic E-state index is 10.4. The fourth-order valence-electron chi connectivity index (χ4n) is 3.95. The number of nitrogens with one attached hydrogen (secondary N) is 1. The van der Waals surface area contributed by atoms with Gasteiger partial charge in [0.1, 0.15) is 0 Å². The number of hydrogen-bond acceptors (Lipinski definition) is 6. The molecule has 0 saturated carbocycles. The third-order valence-electron chi connectivity index (χ3n) is 5.20. The van der Waals surface area contributed by atoms with Gasteiger partial charge in [-0.3, -0.25) is 9.80 Å². The lowest BCUT2D eigenvalue weighted by Gasteiger charge is -2.28. The number of aliphatic hydroxyl groups excluding tert-OH is 1. The first-order chi connectivity index (χ1) is 11.8. The zero-order valence-corrected chi connectivity index (χ0v) is 13.8. The number of nitrogens with zero attached hydrogens (tertiary/aromatic N) is 5. The molecular formula is C17H24N6O. The van der Waals surface area contributed by atoms with Crippen molar-refractivity contribution in [1.82, 2.24) is 30.4 Å². The van der Waals surface area contributed by atoms with Crippen LogP contribution < -0.4 is 0 Å². The molecule has 7 nitrogen and oxygen atoms in total. The summed E-state index contributed by atoms with van der Waals surface area (Å²) in [5.74, 6) is 0.733. The van der Waals surface area contributed by atoms with Gasteiger partial charge in [-0.05, 0) is 24.0 Å². The average Bonchev–Trinajstić information content (AvgIpc) is 3.21. The van der Waals surface area contributed by atoms with Crippen LogP contribution in [0.2, 0.25) is 0 Å². The smallest absolute Gasteiger partial charge is 0.175 e. The van der Waals surface area contributed by atoms with Crippen LogP contribution >= 0.6 is 0 Å². The molecule has 4 rings (SSSR count). The average molecular weight is 328 g/mol. The minimum Gasteiger partial charge on any atom is -0.390 e. The van der Waals surface area contributed by atoms with Crippen LogP contribution in [-0.4, -0.2) is 80.4 Å². The third-order valence-corrected chi connectivity index (χ3v) is 5.20. The number of tetrazole rings is 1. The Balaban J connectivity index is 1.34. The molecule has 1 aliphatic heterocycles. The number of aromatic amines is 1. The van der Waals surface area contributed by atoms with Crippen LogP contribution in [0.1, 0.15) is 17.0 Å². The quantitative estimate of drug-likeness (QED) is 0.815. The summed E-state index contributed by atoms with van der Waals surface area (Å²) in [4.78, 5) is 4.78. The molecule has 7 heteroatoms. The Kier molecular flexibility index (Phi) is 4.55. The van der Waals surface area contributed by atoms with Gasteiger partial charge in [-0.25, -0.2) is 0 Å². The van der Waals surface area contributed by atoms with Crippen LogP contribution in [0.5, 0.6) is 0 Å². The molecule has 0 amide bonds. The first-order valence-corrected chi connectivity index (χ1v) is 8.71. The van der Waals surface area contributed by atoms with Crippen molar-refractivity contribution >= 4 is 0 Å². The molecule has 1 atom stereocenters. The van der Waals surface area contributed by atoms with E-state index in [4.69, 9.17) is 0 Å². The van der Waals surface area contributed by atoms with E-state index in [1.807, 2.05) is 0 Å². The summed E-state index contributed by atoms with van der Waals surface area (Å²) in [5.41, 5.74) is 2.94. The number of fused-ring (bicyclic) bond motifs is 1. The highest BCUT2D eigenvalue weighted by Crippen LogP contribution is 2.26. The van der Waals surface area contributed by atoms with Gasteiger partial charge in [0.05, 0.1) is 6.10 Å². The summed E-state index contributed by atoms with van der Waals surface area (Å²) in [6, 6.07) is 9.24. The second kappa shape index (κ2) is 6.96. The predicted octanol–water partition coefficient (Wildman–Crippen LogP) is -0.112. The van der Waals surface area contributed by atoms with Crippen LogP contribution in [0.3, 0.4) is 0 Å². The van der Waals surface area contributed by atoms with Gasteiger partial charge < -0.3 is 5.11 Å². The lowest BCUT2D eigenvalue weighted by Crippen LogP contribution is -2.41. The first kappa shape index (κ1) is 15.7. The number of rotatable bonds is 4. The largest absolute Gasteiger partial charge is 0.390 e. The fourth-order valence-corrected chi connectivity index (χ4v) is 3.95. The molecule has 24 heavy (non-hydrogen) atoms. The standard InChI is InChI=1S/C17H24N6O/c24-16-11-22(6-5-17-18-20-21-19-17)7-8-23(12-16)15-9-13-3-1-2-4-14(13)10-15/h1-4,15-16,24H,5-12H2,(H,18,19,20,21)/t16-/m0/s1. The summed E-state index contributed by atoms with van der Waals surface area (Å²) in [7, 11) is 0. The molecular weight excluding hydrogens is 304 g/mol. The SMILES string of the molecule is O[C@H]1CN(CCc2nn[nH]n2)CCN(C2Cc3ccccc3C2)C1. The van der Waals surface area contributed by atoms with Crippen molar-refractivity contribution in [2.45, 2.75) is 31.4 Å². The van der Waals surface area contributed by atoms with E-state index in [0.29, 0.717) is 12.6 Å². The summed E-state index contributed by atoms with van der Waals surface area (Å²) < 4.78 is 0. The Morgan fingerprint density at radius 3 is 2.62 bits per heavy atom. The van der Waals surface area contributed by atoms with E-state index in [1.54, 1.807) is 0 Å². The van der Waals surface area contributed by atoms with Crippen LogP contribution in [0.25, 0.3) is 0 Å². The van der Waals surface area contributed by atoms with E-state index < -0.39 is 0 Å². The molecule has 1 fully saturated rings. The van der Waals surface area contributed by atoms with E-state index in [-0.39, 0.29) is 6.10 Å². The van der Waals surface area contributed by atoms with Gasteiger partial charge in [0.15, 0.2) is 5.82 Å². The van der Waals surface area contributed by atoms with Crippen molar-refractivity contribution in [3.63, 3.8) is 0 Å². The number of aliphatic hydroxyl groups is 1. The van der Waals surface area contributed by atoms with E-state index in [1.165, 1.54) is 11.1 Å². The van der Waals surface area contributed by atoms with Crippen molar-refractivity contribution < 1.29 is 5.11 Å². The lowest BCUT2D eigenvalue weighted by molar-refractivity contribution is 0.0959. The molecule has 1 aromatic heterocycles. The summed E-state index contributed by atoms with van der Waals surface area (Å²) in [6.07, 6.45) is 2.66. The highest BCUT2D eigenvalue weighted by atomic mass is 16.3. The van der Waals surface area contributed by atoms with E-state index in [9.17, 15) is 5.11 Å². The Bertz CT molecular complexity index is 636. The molecule has 2 N–H and O–H groups in total. The molecule has 1 aromatic carbocycles. The molecule has 2 heterocycles. The number of β-amino-alcohol motifs (C(OH)–C–C–N with tert-alkyl or cyclic N) is 1. The van der Waals surface area contributed by atoms with Gasteiger partial charge in [-0.2, -0.15) is 5.21 Å². The Labute approximate surface area is 141 Å². The van der Waals surface area contributed by atoms with Gasteiger partial charge in [-0.1, -0.05) is 29.5 Å².